The van der Waals surface area contributed by atoms with Crippen molar-refractivity contribution in [1.82, 2.24) is 19.9 Å². The summed E-state index contributed by atoms with van der Waals surface area (Å²) in [5.74, 6) is -0.358. The first-order valence-corrected chi connectivity index (χ1v) is 10.2. The quantitative estimate of drug-likeness (QED) is 0.744. The van der Waals surface area contributed by atoms with Gasteiger partial charge in [-0.2, -0.15) is 0 Å². The number of hydrogen-bond acceptors (Lipinski definition) is 6. The predicted molar refractivity (Wildman–Crippen MR) is 114 cm³/mol. The molecule has 30 heavy (non-hydrogen) atoms. The Bertz CT molecular complexity index is 995. The number of nitrogens with one attached hydrogen (secondary N) is 2. The van der Waals surface area contributed by atoms with Gasteiger partial charge in [-0.15, -0.1) is 0 Å². The van der Waals surface area contributed by atoms with Crippen molar-refractivity contribution >= 4 is 28.9 Å². The van der Waals surface area contributed by atoms with Gasteiger partial charge in [-0.1, -0.05) is 12.1 Å². The van der Waals surface area contributed by atoms with Crippen molar-refractivity contribution in [1.29, 1.82) is 0 Å². The Hall–Kier alpha value is -3.10. The Balaban J connectivity index is 1.68. The van der Waals surface area contributed by atoms with E-state index in [1.165, 1.54) is 4.57 Å². The van der Waals surface area contributed by atoms with Crippen molar-refractivity contribution in [3.8, 4) is 0 Å². The Labute approximate surface area is 175 Å². The van der Waals surface area contributed by atoms with E-state index in [0.717, 1.165) is 0 Å². The standard InChI is InChI=1S/C21H29N5O4/c1-5-26-18(28)15-10-6-7-11-16(15)22-19(26)24-23-17(27)14-9-8-12-25(13-14)20(29)30-21(2,3)4/h6-7,10-11,14H,5,8-9,12-13H2,1-4H3,(H,22,24)(H,23,27). The molecule has 2 heterocycles. The van der Waals surface area contributed by atoms with Gasteiger partial charge in [0.05, 0.1) is 16.8 Å². The molecule has 162 valence electrons. The van der Waals surface area contributed by atoms with Crippen molar-refractivity contribution in [3.63, 3.8) is 0 Å². The van der Waals surface area contributed by atoms with Crippen LogP contribution in [-0.2, 0) is 16.1 Å². The third-order valence-electron chi connectivity index (χ3n) is 4.92. The topological polar surface area (TPSA) is 106 Å². The van der Waals surface area contributed by atoms with Crippen LogP contribution in [0.5, 0.6) is 0 Å². The third-order valence-corrected chi connectivity index (χ3v) is 4.92. The van der Waals surface area contributed by atoms with E-state index in [2.05, 4.69) is 15.8 Å². The Morgan fingerprint density at radius 3 is 2.70 bits per heavy atom. The molecule has 1 aromatic heterocycles. The van der Waals surface area contributed by atoms with Crippen molar-refractivity contribution in [2.45, 2.75) is 52.7 Å². The Morgan fingerprint density at radius 2 is 2.00 bits per heavy atom. The van der Waals surface area contributed by atoms with Crippen molar-refractivity contribution in [3.05, 3.63) is 34.6 Å². The van der Waals surface area contributed by atoms with Crippen LogP contribution in [0.15, 0.2) is 29.1 Å². The first-order valence-electron chi connectivity index (χ1n) is 10.2. The summed E-state index contributed by atoms with van der Waals surface area (Å²) in [6.07, 6.45) is 0.966. The summed E-state index contributed by atoms with van der Waals surface area (Å²) >= 11 is 0. The second-order valence-corrected chi connectivity index (χ2v) is 8.38. The third kappa shape index (κ3) is 4.90. The molecule has 0 aliphatic carbocycles. The van der Waals surface area contributed by atoms with E-state index >= 15 is 0 Å². The fraction of sp³-hybridized carbons (Fsp3) is 0.524. The molecule has 1 aliphatic heterocycles. The Morgan fingerprint density at radius 1 is 1.27 bits per heavy atom. The predicted octanol–water partition coefficient (Wildman–Crippen LogP) is 2.51. The van der Waals surface area contributed by atoms with Crippen LogP contribution in [0.25, 0.3) is 10.9 Å². The molecule has 1 saturated heterocycles. The second kappa shape index (κ2) is 8.73. The molecule has 1 aromatic carbocycles. The number of carbonyl (C=O) groups excluding carboxylic acids is 2. The number of amides is 2. The van der Waals surface area contributed by atoms with Crippen LogP contribution >= 0.6 is 0 Å². The molecule has 1 atom stereocenters. The zero-order chi connectivity index (χ0) is 21.9. The van der Waals surface area contributed by atoms with E-state index in [4.69, 9.17) is 4.74 Å². The number of anilines is 1. The molecule has 1 aliphatic rings. The van der Waals surface area contributed by atoms with Crippen LogP contribution in [0.2, 0.25) is 0 Å². The molecule has 3 rings (SSSR count). The minimum Gasteiger partial charge on any atom is -0.444 e. The fourth-order valence-corrected chi connectivity index (χ4v) is 3.46. The zero-order valence-electron chi connectivity index (χ0n) is 17.9. The number of ether oxygens (including phenoxy) is 1. The number of rotatable bonds is 4. The van der Waals surface area contributed by atoms with E-state index in [-0.39, 0.29) is 29.9 Å². The SMILES string of the molecule is CCn1c(NNC(=O)C2CCCN(C(=O)OC(C)(C)C)C2)nc2ccccc2c1=O. The lowest BCUT2D eigenvalue weighted by Crippen LogP contribution is -2.48. The monoisotopic (exact) mass is 415 g/mol. The van der Waals surface area contributed by atoms with Gasteiger partial charge < -0.3 is 9.64 Å². The number of hydrazine groups is 1. The lowest BCUT2D eigenvalue weighted by atomic mass is 9.98. The number of nitrogens with zero attached hydrogens (tertiary/aromatic N) is 3. The van der Waals surface area contributed by atoms with E-state index < -0.39 is 11.7 Å². The first kappa shape index (κ1) is 21.6. The average Bonchev–Trinajstić information content (AvgIpc) is 2.71. The number of aromatic nitrogens is 2. The number of hydrogen-bond donors (Lipinski definition) is 2. The van der Waals surface area contributed by atoms with Crippen molar-refractivity contribution < 1.29 is 14.3 Å². The number of benzene rings is 1. The van der Waals surface area contributed by atoms with E-state index in [0.29, 0.717) is 36.8 Å². The number of carbonyl (C=O) groups is 2. The molecule has 0 bridgehead atoms. The highest BCUT2D eigenvalue weighted by Crippen LogP contribution is 2.19. The van der Waals surface area contributed by atoms with Gasteiger partial charge in [-0.05, 0) is 52.7 Å². The van der Waals surface area contributed by atoms with Gasteiger partial charge >= 0.3 is 6.09 Å². The summed E-state index contributed by atoms with van der Waals surface area (Å²) in [5.41, 5.74) is 5.24. The van der Waals surface area contributed by atoms with E-state index in [1.54, 1.807) is 29.2 Å². The summed E-state index contributed by atoms with van der Waals surface area (Å²) in [4.78, 5) is 43.7. The maximum Gasteiger partial charge on any atom is 0.410 e. The summed E-state index contributed by atoms with van der Waals surface area (Å²) in [5, 5.41) is 0.525. The van der Waals surface area contributed by atoms with Gasteiger partial charge in [0, 0.05) is 19.6 Å². The molecule has 9 nitrogen and oxygen atoms in total. The molecule has 9 heteroatoms. The van der Waals surface area contributed by atoms with Crippen molar-refractivity contribution in [2.24, 2.45) is 5.92 Å². The molecule has 0 saturated carbocycles. The number of piperidine rings is 1. The molecular formula is C21H29N5O4. The summed E-state index contributed by atoms with van der Waals surface area (Å²) in [6, 6.07) is 7.08. The maximum atomic E-state index is 12.7. The summed E-state index contributed by atoms with van der Waals surface area (Å²) < 4.78 is 6.88. The van der Waals surface area contributed by atoms with E-state index in [9.17, 15) is 14.4 Å². The molecule has 0 spiro atoms. The smallest absolute Gasteiger partial charge is 0.410 e. The normalized spacial score (nSPS) is 16.9. The van der Waals surface area contributed by atoms with Crippen LogP contribution in [0.1, 0.15) is 40.5 Å². The molecule has 0 radical (unpaired) electrons. The van der Waals surface area contributed by atoms with E-state index in [1.807, 2.05) is 27.7 Å². The van der Waals surface area contributed by atoms with Crippen LogP contribution in [0.3, 0.4) is 0 Å². The minimum atomic E-state index is -0.584. The molecule has 2 amide bonds. The minimum absolute atomic E-state index is 0.173. The Kier molecular flexibility index (Phi) is 6.28. The van der Waals surface area contributed by atoms with Gasteiger partial charge in [-0.3, -0.25) is 25.0 Å². The molecule has 2 N–H and O–H groups in total. The average molecular weight is 415 g/mol. The van der Waals surface area contributed by atoms with Gasteiger partial charge in [-0.25, -0.2) is 9.78 Å². The van der Waals surface area contributed by atoms with Crippen LogP contribution in [0, 0.1) is 5.92 Å². The second-order valence-electron chi connectivity index (χ2n) is 8.38. The fourth-order valence-electron chi connectivity index (χ4n) is 3.46. The highest BCUT2D eigenvalue weighted by molar-refractivity contribution is 5.82. The number of likely N-dealkylation sites (tertiary alicyclic amines) is 1. The molecule has 1 fully saturated rings. The first-order chi connectivity index (χ1) is 14.2. The zero-order valence-corrected chi connectivity index (χ0v) is 17.9. The lowest BCUT2D eigenvalue weighted by molar-refractivity contribution is -0.126. The highest BCUT2D eigenvalue weighted by atomic mass is 16.6. The largest absolute Gasteiger partial charge is 0.444 e. The number of para-hydroxylation sites is 1. The molecular weight excluding hydrogens is 386 g/mol. The summed E-state index contributed by atoms with van der Waals surface area (Å²) in [7, 11) is 0. The lowest BCUT2D eigenvalue weighted by Gasteiger charge is -2.33. The van der Waals surface area contributed by atoms with Gasteiger partial charge in [0.15, 0.2) is 0 Å². The number of fused-ring (bicyclic) bond motifs is 1. The van der Waals surface area contributed by atoms with Crippen LogP contribution in [-0.4, -0.2) is 45.1 Å². The highest BCUT2D eigenvalue weighted by Gasteiger charge is 2.31. The van der Waals surface area contributed by atoms with Gasteiger partial charge in [0.1, 0.15) is 5.60 Å². The molecule has 1 unspecified atom stereocenters. The summed E-state index contributed by atoms with van der Waals surface area (Å²) in [6.45, 7) is 8.53. The van der Waals surface area contributed by atoms with Crippen molar-refractivity contribution in [2.75, 3.05) is 18.5 Å². The van der Waals surface area contributed by atoms with Gasteiger partial charge in [0.25, 0.3) is 5.56 Å². The van der Waals surface area contributed by atoms with Gasteiger partial charge in [0.2, 0.25) is 11.9 Å². The maximum absolute atomic E-state index is 12.7. The van der Waals surface area contributed by atoms with Crippen LogP contribution < -0.4 is 16.4 Å². The van der Waals surface area contributed by atoms with Crippen LogP contribution in [0.4, 0.5) is 10.7 Å². The molecule has 2 aromatic rings.